The highest BCUT2D eigenvalue weighted by Crippen LogP contribution is 2.56. The average molecular weight is 555 g/mol. The van der Waals surface area contributed by atoms with E-state index in [0.29, 0.717) is 55.5 Å². The van der Waals surface area contributed by atoms with Crippen molar-refractivity contribution in [3.05, 3.63) is 45.6 Å². The molecule has 4 atom stereocenters. The number of rotatable bonds is 5. The number of hydrogen-bond acceptors (Lipinski definition) is 7. The highest BCUT2D eigenvalue weighted by Gasteiger charge is 2.51. The minimum Gasteiger partial charge on any atom is -0.465 e. The third-order valence-electron chi connectivity index (χ3n) is 8.95. The molecule has 4 aliphatic rings. The average Bonchev–Trinajstić information content (AvgIpc) is 3.59. The Bertz CT molecular complexity index is 1310. The summed E-state index contributed by atoms with van der Waals surface area (Å²) in [7, 11) is 0. The lowest BCUT2D eigenvalue weighted by molar-refractivity contribution is 0.118. The third-order valence-corrected chi connectivity index (χ3v) is 9.30. The molecule has 9 nitrogen and oxygen atoms in total. The van der Waals surface area contributed by atoms with Gasteiger partial charge in [0.05, 0.1) is 24.2 Å². The van der Waals surface area contributed by atoms with Crippen molar-refractivity contribution in [3.63, 3.8) is 0 Å². The van der Waals surface area contributed by atoms with Gasteiger partial charge in [-0.15, -0.1) is 0 Å². The van der Waals surface area contributed by atoms with Gasteiger partial charge in [0.25, 0.3) is 0 Å². The first-order valence-corrected chi connectivity index (χ1v) is 14.1. The maximum atomic E-state index is 16.8. The van der Waals surface area contributed by atoms with Gasteiger partial charge in [0.1, 0.15) is 12.4 Å². The monoisotopic (exact) mass is 554 g/mol. The fourth-order valence-electron chi connectivity index (χ4n) is 6.92. The van der Waals surface area contributed by atoms with Crippen LogP contribution < -0.4 is 15.0 Å². The van der Waals surface area contributed by atoms with Crippen LogP contribution in [0.5, 0.6) is 6.01 Å². The number of amides is 1. The summed E-state index contributed by atoms with van der Waals surface area (Å²) in [5.74, 6) is 0.587. The van der Waals surface area contributed by atoms with Gasteiger partial charge in [-0.1, -0.05) is 23.7 Å². The lowest BCUT2D eigenvalue weighted by Gasteiger charge is -2.43. The summed E-state index contributed by atoms with van der Waals surface area (Å²) in [5.41, 5.74) is 2.39. The van der Waals surface area contributed by atoms with Crippen molar-refractivity contribution in [2.75, 3.05) is 37.7 Å². The van der Waals surface area contributed by atoms with E-state index >= 15 is 4.39 Å². The molecular weight excluding hydrogens is 523 g/mol. The number of nitrogens with zero attached hydrogens (tertiary/aromatic N) is 5. The highest BCUT2D eigenvalue weighted by molar-refractivity contribution is 6.31. The second kappa shape index (κ2) is 10.4. The first-order chi connectivity index (χ1) is 18.9. The van der Waals surface area contributed by atoms with Gasteiger partial charge < -0.3 is 25.0 Å². The first kappa shape index (κ1) is 26.1. The molecule has 206 valence electrons. The molecule has 1 aromatic heterocycles. The largest absolute Gasteiger partial charge is 0.465 e. The van der Waals surface area contributed by atoms with E-state index in [9.17, 15) is 15.2 Å². The summed E-state index contributed by atoms with van der Waals surface area (Å²) in [6.45, 7) is 2.25. The first-order valence-electron chi connectivity index (χ1n) is 13.7. The van der Waals surface area contributed by atoms with Crippen molar-refractivity contribution in [2.24, 2.45) is 0 Å². The molecule has 1 spiro atoms. The predicted octanol–water partition coefficient (Wildman–Crippen LogP) is 4.18. The Morgan fingerprint density at radius 1 is 1.28 bits per heavy atom. The van der Waals surface area contributed by atoms with Gasteiger partial charge in [-0.25, -0.2) is 9.18 Å². The van der Waals surface area contributed by atoms with Crippen LogP contribution in [0, 0.1) is 11.3 Å². The minimum absolute atomic E-state index is 0.0686. The number of piperazine rings is 1. The van der Waals surface area contributed by atoms with Crippen LogP contribution in [-0.4, -0.2) is 70.9 Å². The SMILES string of the molecule is N#CC[C@H]1CN(c2nc(OC[C@@H]3CCCN3)nc3c2CC[C@@]2(CCc4c(Cl)cccc42)[C@H]3F)CCN1C(=O)O. The van der Waals surface area contributed by atoms with Crippen LogP contribution in [0.1, 0.15) is 60.7 Å². The standard InChI is InChI=1S/C28H32ClFN6O3/c29-22-5-1-4-21-19(22)6-9-28(21)10-7-20-23(24(28)30)33-26(39-16-17-3-2-12-32-17)34-25(20)35-13-14-36(27(37)38)18(15-35)8-11-31/h1,4-5,17-18,24,32H,2-3,6-10,12-16H2,(H,37,38)/t17-,18-,24-,28+/m0/s1. The van der Waals surface area contributed by atoms with Crippen molar-refractivity contribution >= 4 is 23.5 Å². The van der Waals surface area contributed by atoms with Crippen molar-refractivity contribution < 1.29 is 19.0 Å². The van der Waals surface area contributed by atoms with Crippen LogP contribution in [0.3, 0.4) is 0 Å². The molecule has 0 radical (unpaired) electrons. The molecule has 2 aliphatic heterocycles. The molecule has 2 saturated heterocycles. The molecule has 11 heteroatoms. The van der Waals surface area contributed by atoms with Gasteiger partial charge in [-0.05, 0) is 62.3 Å². The molecule has 0 bridgehead atoms. The predicted molar refractivity (Wildman–Crippen MR) is 143 cm³/mol. The van der Waals surface area contributed by atoms with Crippen molar-refractivity contribution in [3.8, 4) is 12.1 Å². The Hall–Kier alpha value is -3.16. The molecule has 0 saturated carbocycles. The molecule has 0 unspecified atom stereocenters. The van der Waals surface area contributed by atoms with Gasteiger partial charge in [-0.2, -0.15) is 15.2 Å². The van der Waals surface area contributed by atoms with Gasteiger partial charge >= 0.3 is 12.1 Å². The van der Waals surface area contributed by atoms with Crippen molar-refractivity contribution in [1.29, 1.82) is 5.26 Å². The molecule has 6 rings (SSSR count). The number of hydrogen-bond donors (Lipinski definition) is 2. The summed E-state index contributed by atoms with van der Waals surface area (Å²) >= 11 is 6.50. The van der Waals surface area contributed by atoms with E-state index in [-0.39, 0.29) is 25.0 Å². The second-order valence-corrected chi connectivity index (χ2v) is 11.4. The molecular formula is C28H32ClFN6O3. The molecule has 2 fully saturated rings. The normalized spacial score (nSPS) is 27.8. The van der Waals surface area contributed by atoms with Gasteiger partial charge in [0.2, 0.25) is 0 Å². The number of benzene rings is 1. The topological polar surface area (TPSA) is 115 Å². The number of nitrogens with one attached hydrogen (secondary N) is 1. The number of ether oxygens (including phenoxy) is 1. The quantitative estimate of drug-likeness (QED) is 0.565. The third kappa shape index (κ3) is 4.55. The van der Waals surface area contributed by atoms with E-state index in [1.807, 2.05) is 23.1 Å². The van der Waals surface area contributed by atoms with Crippen molar-refractivity contribution in [1.82, 2.24) is 20.2 Å². The van der Waals surface area contributed by atoms with Crippen LogP contribution in [0.4, 0.5) is 15.0 Å². The zero-order valence-electron chi connectivity index (χ0n) is 21.7. The lowest BCUT2D eigenvalue weighted by Crippen LogP contribution is -2.55. The number of nitriles is 1. The smallest absolute Gasteiger partial charge is 0.407 e. The van der Waals surface area contributed by atoms with Gasteiger partial charge in [-0.3, -0.25) is 0 Å². The number of anilines is 1. The summed E-state index contributed by atoms with van der Waals surface area (Å²) in [6, 6.07) is 7.69. The lowest BCUT2D eigenvalue weighted by atomic mass is 9.68. The number of aromatic nitrogens is 2. The van der Waals surface area contributed by atoms with Crippen LogP contribution in [0.15, 0.2) is 18.2 Å². The summed E-state index contributed by atoms with van der Waals surface area (Å²) < 4.78 is 22.9. The van der Waals surface area contributed by atoms with E-state index in [1.54, 1.807) is 0 Å². The number of alkyl halides is 1. The Morgan fingerprint density at radius 3 is 2.85 bits per heavy atom. The van der Waals surface area contributed by atoms with Crippen LogP contribution in [0.25, 0.3) is 0 Å². The Morgan fingerprint density at radius 2 is 2.10 bits per heavy atom. The number of carboxylic acid groups (broad SMARTS) is 1. The number of halogens is 2. The Balaban J connectivity index is 1.38. The maximum absolute atomic E-state index is 16.8. The van der Waals surface area contributed by atoms with Gasteiger partial charge in [0.15, 0.2) is 6.17 Å². The Labute approximate surface area is 231 Å². The molecule has 3 heterocycles. The second-order valence-electron chi connectivity index (χ2n) is 11.0. The maximum Gasteiger partial charge on any atom is 0.407 e. The summed E-state index contributed by atoms with van der Waals surface area (Å²) in [5, 5.41) is 23.1. The van der Waals surface area contributed by atoms with Gasteiger partial charge in [0, 0.05) is 41.7 Å². The molecule has 39 heavy (non-hydrogen) atoms. The van der Waals surface area contributed by atoms with Crippen LogP contribution >= 0.6 is 11.6 Å². The molecule has 2 aliphatic carbocycles. The minimum atomic E-state index is -1.36. The Kier molecular flexibility index (Phi) is 6.98. The molecule has 2 N–H and O–H groups in total. The highest BCUT2D eigenvalue weighted by atomic mass is 35.5. The van der Waals surface area contributed by atoms with Crippen LogP contribution in [-0.2, 0) is 18.3 Å². The molecule has 2 aromatic rings. The van der Waals surface area contributed by atoms with E-state index in [0.717, 1.165) is 42.5 Å². The number of carbonyl (C=O) groups is 1. The number of fused-ring (bicyclic) bond motifs is 3. The molecule has 1 aromatic carbocycles. The summed E-state index contributed by atoms with van der Waals surface area (Å²) in [4.78, 5) is 24.5. The van der Waals surface area contributed by atoms with Crippen LogP contribution in [0.2, 0.25) is 5.02 Å². The fourth-order valence-corrected chi connectivity index (χ4v) is 7.19. The fraction of sp³-hybridized carbons (Fsp3) is 0.571. The zero-order chi connectivity index (χ0) is 27.1. The van der Waals surface area contributed by atoms with E-state index in [1.165, 1.54) is 4.90 Å². The van der Waals surface area contributed by atoms with E-state index in [4.69, 9.17) is 21.3 Å². The zero-order valence-corrected chi connectivity index (χ0v) is 22.5. The van der Waals surface area contributed by atoms with E-state index < -0.39 is 23.7 Å². The van der Waals surface area contributed by atoms with E-state index in [2.05, 4.69) is 16.4 Å². The van der Waals surface area contributed by atoms with Crippen molar-refractivity contribution in [2.45, 2.75) is 68.6 Å². The molecule has 1 amide bonds. The summed E-state index contributed by atoms with van der Waals surface area (Å²) in [6.07, 6.45) is 2.33.